The lowest BCUT2D eigenvalue weighted by Crippen LogP contribution is -2.48. The minimum atomic E-state index is 0.398. The molecule has 0 heterocycles. The zero-order valence-electron chi connectivity index (χ0n) is 14.5. The predicted octanol–water partition coefficient (Wildman–Crippen LogP) is 4.88. The normalized spacial score (nSPS) is 34.2. The summed E-state index contributed by atoms with van der Waals surface area (Å²) in [6.45, 7) is 2.10. The van der Waals surface area contributed by atoms with Gasteiger partial charge in [0.05, 0.1) is 5.69 Å². The summed E-state index contributed by atoms with van der Waals surface area (Å²) in [6.07, 6.45) is 12.5. The Morgan fingerprint density at radius 1 is 1.21 bits per heavy atom. The number of nitriles is 1. The number of nitrogens with zero attached hydrogens (tertiary/aromatic N) is 2. The van der Waals surface area contributed by atoms with Crippen LogP contribution in [-0.4, -0.2) is 11.4 Å². The number of benzene rings is 1. The number of thioether (sulfide) groups is 1. The summed E-state index contributed by atoms with van der Waals surface area (Å²) in [5.74, 6) is 2.85. The SMILES string of the molecule is CSC(=Nc1cc(C23CC4CC(CC(C4)C2)C3)ccc1C)NC#N. The fourth-order valence-electron chi connectivity index (χ4n) is 5.81. The lowest BCUT2D eigenvalue weighted by Gasteiger charge is -2.57. The molecule has 0 radical (unpaired) electrons. The van der Waals surface area contributed by atoms with Crippen molar-refractivity contribution in [3.05, 3.63) is 29.3 Å². The van der Waals surface area contributed by atoms with Crippen molar-refractivity contribution in [1.82, 2.24) is 5.32 Å². The van der Waals surface area contributed by atoms with Gasteiger partial charge in [0, 0.05) is 0 Å². The van der Waals surface area contributed by atoms with E-state index in [9.17, 15) is 0 Å². The molecule has 4 heteroatoms. The first kappa shape index (κ1) is 16.0. The molecule has 3 nitrogen and oxygen atoms in total. The molecule has 4 aliphatic carbocycles. The molecule has 1 aromatic carbocycles. The van der Waals surface area contributed by atoms with E-state index in [2.05, 4.69) is 30.4 Å². The quantitative estimate of drug-likeness (QED) is 0.361. The monoisotopic (exact) mass is 339 g/mol. The third-order valence-corrected chi connectivity index (χ3v) is 7.02. The largest absolute Gasteiger partial charge is 0.271 e. The molecule has 0 aliphatic heterocycles. The Morgan fingerprint density at radius 2 is 1.83 bits per heavy atom. The molecule has 4 aliphatic rings. The molecule has 0 aromatic heterocycles. The van der Waals surface area contributed by atoms with Gasteiger partial charge in [-0.3, -0.25) is 5.32 Å². The second-order valence-corrected chi connectivity index (χ2v) is 8.85. The maximum Gasteiger partial charge on any atom is 0.183 e. The van der Waals surface area contributed by atoms with E-state index in [4.69, 9.17) is 10.3 Å². The molecule has 1 N–H and O–H groups in total. The van der Waals surface area contributed by atoms with E-state index in [1.807, 2.05) is 12.4 Å². The highest BCUT2D eigenvalue weighted by Gasteiger charge is 2.51. The Morgan fingerprint density at radius 3 is 2.38 bits per heavy atom. The average Bonchev–Trinajstić information content (AvgIpc) is 2.55. The number of amidine groups is 1. The minimum Gasteiger partial charge on any atom is -0.271 e. The second kappa shape index (κ2) is 6.11. The summed E-state index contributed by atoms with van der Waals surface area (Å²) < 4.78 is 0. The molecule has 4 fully saturated rings. The average molecular weight is 340 g/mol. The Kier molecular flexibility index (Phi) is 4.08. The summed E-state index contributed by atoms with van der Waals surface area (Å²) in [5, 5.41) is 12.2. The van der Waals surface area contributed by atoms with Crippen molar-refractivity contribution in [1.29, 1.82) is 5.26 Å². The molecule has 24 heavy (non-hydrogen) atoms. The summed E-state index contributed by atoms with van der Waals surface area (Å²) in [4.78, 5) is 4.70. The maximum atomic E-state index is 8.87. The van der Waals surface area contributed by atoms with Crippen molar-refractivity contribution in [2.75, 3.05) is 6.26 Å². The molecule has 4 bridgehead atoms. The lowest BCUT2D eigenvalue weighted by atomic mass is 9.48. The lowest BCUT2D eigenvalue weighted by molar-refractivity contribution is -0.00517. The third kappa shape index (κ3) is 2.73. The van der Waals surface area contributed by atoms with Crippen molar-refractivity contribution in [3.8, 4) is 6.19 Å². The van der Waals surface area contributed by atoms with Crippen molar-refractivity contribution in [2.45, 2.75) is 50.9 Å². The molecule has 0 atom stereocenters. The number of aliphatic imine (C=N–C) groups is 1. The number of aryl methyl sites for hydroxylation is 1. The van der Waals surface area contributed by atoms with Crippen LogP contribution in [0, 0.1) is 36.1 Å². The van der Waals surface area contributed by atoms with Gasteiger partial charge in [0.15, 0.2) is 11.4 Å². The van der Waals surface area contributed by atoms with Gasteiger partial charge in [-0.25, -0.2) is 4.99 Å². The van der Waals surface area contributed by atoms with Gasteiger partial charge in [-0.15, -0.1) is 0 Å². The van der Waals surface area contributed by atoms with Gasteiger partial charge in [0.2, 0.25) is 0 Å². The Balaban J connectivity index is 1.70. The van der Waals surface area contributed by atoms with Gasteiger partial charge in [-0.2, -0.15) is 5.26 Å². The Labute approximate surface area is 148 Å². The van der Waals surface area contributed by atoms with Crippen molar-refractivity contribution in [3.63, 3.8) is 0 Å². The van der Waals surface area contributed by atoms with Crippen LogP contribution in [0.1, 0.15) is 49.7 Å². The topological polar surface area (TPSA) is 48.2 Å². The van der Waals surface area contributed by atoms with E-state index < -0.39 is 0 Å². The van der Waals surface area contributed by atoms with Gasteiger partial charge >= 0.3 is 0 Å². The minimum absolute atomic E-state index is 0.398. The predicted molar refractivity (Wildman–Crippen MR) is 100 cm³/mol. The molecular formula is C20H25N3S. The van der Waals surface area contributed by atoms with Crippen molar-refractivity contribution < 1.29 is 0 Å². The van der Waals surface area contributed by atoms with Gasteiger partial charge in [-0.05, 0) is 92.1 Å². The van der Waals surface area contributed by atoms with Crippen LogP contribution in [0.4, 0.5) is 5.69 Å². The Bertz CT molecular complexity index is 681. The van der Waals surface area contributed by atoms with Crippen LogP contribution in [0.5, 0.6) is 0 Å². The zero-order valence-corrected chi connectivity index (χ0v) is 15.3. The standard InChI is InChI=1S/C20H25N3S/c1-13-3-4-17(8-18(13)23-19(24-2)22-12-21)20-9-14-5-15(10-20)7-16(6-14)11-20/h3-4,8,14-16H,5-7,9-11H2,1-2H3,(H,22,23). The van der Waals surface area contributed by atoms with Gasteiger partial charge in [0.25, 0.3) is 0 Å². The number of hydrogen-bond acceptors (Lipinski definition) is 3. The van der Waals surface area contributed by atoms with Crippen LogP contribution in [0.3, 0.4) is 0 Å². The van der Waals surface area contributed by atoms with E-state index in [1.165, 1.54) is 61.4 Å². The van der Waals surface area contributed by atoms with E-state index >= 15 is 0 Å². The first-order valence-electron chi connectivity index (χ1n) is 9.01. The highest BCUT2D eigenvalue weighted by Crippen LogP contribution is 2.60. The molecule has 0 amide bonds. The molecule has 5 rings (SSSR count). The van der Waals surface area contributed by atoms with E-state index in [-0.39, 0.29) is 0 Å². The highest BCUT2D eigenvalue weighted by atomic mass is 32.2. The van der Waals surface area contributed by atoms with E-state index in [0.29, 0.717) is 10.6 Å². The van der Waals surface area contributed by atoms with Crippen LogP contribution in [-0.2, 0) is 5.41 Å². The molecule has 126 valence electrons. The number of nitrogens with one attached hydrogen (secondary N) is 1. The maximum absolute atomic E-state index is 8.87. The molecule has 1 aromatic rings. The van der Waals surface area contributed by atoms with Gasteiger partial charge in [0.1, 0.15) is 0 Å². The van der Waals surface area contributed by atoms with Gasteiger partial charge in [-0.1, -0.05) is 23.9 Å². The zero-order chi connectivity index (χ0) is 16.7. The van der Waals surface area contributed by atoms with Crippen LogP contribution in [0.2, 0.25) is 0 Å². The van der Waals surface area contributed by atoms with Crippen molar-refractivity contribution >= 4 is 22.6 Å². The summed E-state index contributed by atoms with van der Waals surface area (Å²) in [5.41, 5.74) is 4.07. The highest BCUT2D eigenvalue weighted by molar-refractivity contribution is 8.13. The summed E-state index contributed by atoms with van der Waals surface area (Å²) in [6, 6.07) is 6.87. The van der Waals surface area contributed by atoms with Gasteiger partial charge < -0.3 is 0 Å². The molecule has 0 spiro atoms. The fourth-order valence-corrected chi connectivity index (χ4v) is 6.14. The van der Waals surface area contributed by atoms with Crippen LogP contribution in [0.15, 0.2) is 23.2 Å². The second-order valence-electron chi connectivity index (χ2n) is 8.06. The Hall–Kier alpha value is -1.47. The van der Waals surface area contributed by atoms with Crippen LogP contribution >= 0.6 is 11.8 Å². The number of hydrogen-bond donors (Lipinski definition) is 1. The fraction of sp³-hybridized carbons (Fsp3) is 0.600. The van der Waals surface area contributed by atoms with E-state index in [0.717, 1.165) is 23.4 Å². The van der Waals surface area contributed by atoms with Crippen molar-refractivity contribution in [2.24, 2.45) is 22.7 Å². The van der Waals surface area contributed by atoms with Crippen LogP contribution < -0.4 is 5.32 Å². The summed E-state index contributed by atoms with van der Waals surface area (Å²) in [7, 11) is 0. The first-order valence-corrected chi connectivity index (χ1v) is 10.2. The first-order chi connectivity index (χ1) is 11.6. The third-order valence-electron chi connectivity index (χ3n) is 6.44. The molecular weight excluding hydrogens is 314 g/mol. The molecule has 0 saturated heterocycles. The number of rotatable bonds is 2. The molecule has 4 saturated carbocycles. The summed E-state index contributed by atoms with van der Waals surface area (Å²) >= 11 is 1.48. The molecule has 0 unspecified atom stereocenters. The smallest absolute Gasteiger partial charge is 0.183 e. The van der Waals surface area contributed by atoms with Crippen LogP contribution in [0.25, 0.3) is 0 Å². The van der Waals surface area contributed by atoms with E-state index in [1.54, 1.807) is 0 Å².